The Labute approximate surface area is 113 Å². The Hall–Kier alpha value is -2.76. The SMILES string of the molecule is Nc1cc(-c2ncc(-c3ccc(F)c(F)c3)[nH]2)ccn1. The first-order valence-electron chi connectivity index (χ1n) is 5.86. The van der Waals surface area contributed by atoms with Crippen molar-refractivity contribution in [3.05, 3.63) is 54.4 Å². The maximum atomic E-state index is 13.2. The summed E-state index contributed by atoms with van der Waals surface area (Å²) in [6.07, 6.45) is 3.13. The van der Waals surface area contributed by atoms with Gasteiger partial charge in [0.15, 0.2) is 11.6 Å². The molecule has 0 bridgehead atoms. The molecule has 3 rings (SSSR count). The molecule has 0 fully saturated rings. The second-order valence-corrected chi connectivity index (χ2v) is 4.24. The summed E-state index contributed by atoms with van der Waals surface area (Å²) in [4.78, 5) is 11.1. The van der Waals surface area contributed by atoms with Gasteiger partial charge >= 0.3 is 0 Å². The fourth-order valence-electron chi connectivity index (χ4n) is 1.87. The van der Waals surface area contributed by atoms with Gasteiger partial charge in [-0.2, -0.15) is 0 Å². The van der Waals surface area contributed by atoms with Crippen LogP contribution in [-0.4, -0.2) is 15.0 Å². The van der Waals surface area contributed by atoms with Gasteiger partial charge in [-0.3, -0.25) is 0 Å². The highest BCUT2D eigenvalue weighted by Crippen LogP contribution is 2.23. The van der Waals surface area contributed by atoms with Crippen molar-refractivity contribution in [2.45, 2.75) is 0 Å². The Bertz CT molecular complexity index is 767. The zero-order valence-corrected chi connectivity index (χ0v) is 10.3. The van der Waals surface area contributed by atoms with Crippen LogP contribution in [0.25, 0.3) is 22.6 Å². The first-order valence-corrected chi connectivity index (χ1v) is 5.86. The standard InChI is InChI=1S/C14H10F2N4/c15-10-2-1-8(5-11(10)16)12-7-19-14(20-12)9-3-4-18-13(17)6-9/h1-7H,(H2,17,18)(H,19,20). The van der Waals surface area contributed by atoms with E-state index in [0.29, 0.717) is 22.9 Å². The van der Waals surface area contributed by atoms with Gasteiger partial charge in [0.1, 0.15) is 11.6 Å². The molecule has 4 nitrogen and oxygen atoms in total. The van der Waals surface area contributed by atoms with Gasteiger partial charge in [0, 0.05) is 17.3 Å². The number of nitrogens with two attached hydrogens (primary N) is 1. The van der Waals surface area contributed by atoms with E-state index in [4.69, 9.17) is 5.73 Å². The summed E-state index contributed by atoms with van der Waals surface area (Å²) in [6, 6.07) is 7.11. The Balaban J connectivity index is 1.99. The van der Waals surface area contributed by atoms with Crippen LogP contribution in [0, 0.1) is 11.6 Å². The summed E-state index contributed by atoms with van der Waals surface area (Å²) in [5, 5.41) is 0. The van der Waals surface area contributed by atoms with Crippen molar-refractivity contribution < 1.29 is 8.78 Å². The van der Waals surface area contributed by atoms with Gasteiger partial charge in [0.25, 0.3) is 0 Å². The number of aromatic amines is 1. The van der Waals surface area contributed by atoms with Crippen LogP contribution in [0.4, 0.5) is 14.6 Å². The third-order valence-electron chi connectivity index (χ3n) is 2.86. The smallest absolute Gasteiger partial charge is 0.159 e. The van der Waals surface area contributed by atoms with E-state index < -0.39 is 11.6 Å². The summed E-state index contributed by atoms with van der Waals surface area (Å²) in [5.41, 5.74) is 7.49. The molecule has 1 aromatic carbocycles. The number of nitrogens with zero attached hydrogens (tertiary/aromatic N) is 2. The Morgan fingerprint density at radius 2 is 1.80 bits per heavy atom. The highest BCUT2D eigenvalue weighted by Gasteiger charge is 2.08. The Morgan fingerprint density at radius 1 is 0.950 bits per heavy atom. The van der Waals surface area contributed by atoms with Crippen LogP contribution in [0.3, 0.4) is 0 Å². The van der Waals surface area contributed by atoms with Gasteiger partial charge in [0.05, 0.1) is 11.9 Å². The van der Waals surface area contributed by atoms with Crippen molar-refractivity contribution in [2.24, 2.45) is 0 Å². The zero-order valence-electron chi connectivity index (χ0n) is 10.3. The first kappa shape index (κ1) is 12.3. The second kappa shape index (κ2) is 4.73. The van der Waals surface area contributed by atoms with Crippen molar-refractivity contribution in [2.75, 3.05) is 5.73 Å². The lowest BCUT2D eigenvalue weighted by Crippen LogP contribution is -1.90. The molecule has 20 heavy (non-hydrogen) atoms. The number of aromatic nitrogens is 3. The molecule has 0 aliphatic carbocycles. The second-order valence-electron chi connectivity index (χ2n) is 4.24. The van der Waals surface area contributed by atoms with E-state index in [0.717, 1.165) is 17.7 Å². The Morgan fingerprint density at radius 3 is 2.55 bits per heavy atom. The van der Waals surface area contributed by atoms with Gasteiger partial charge < -0.3 is 10.7 Å². The van der Waals surface area contributed by atoms with Crippen LogP contribution in [0.5, 0.6) is 0 Å². The van der Waals surface area contributed by atoms with Crippen LogP contribution in [-0.2, 0) is 0 Å². The molecule has 2 heterocycles. The largest absolute Gasteiger partial charge is 0.384 e. The molecule has 0 aliphatic heterocycles. The molecule has 0 aliphatic rings. The molecule has 6 heteroatoms. The number of H-pyrrole nitrogens is 1. The fourth-order valence-corrected chi connectivity index (χ4v) is 1.87. The molecule has 0 unspecified atom stereocenters. The number of nitrogen functional groups attached to an aromatic ring is 1. The third kappa shape index (κ3) is 2.23. The molecule has 0 saturated carbocycles. The highest BCUT2D eigenvalue weighted by atomic mass is 19.2. The van der Waals surface area contributed by atoms with Crippen LogP contribution < -0.4 is 5.73 Å². The minimum Gasteiger partial charge on any atom is -0.384 e. The molecular formula is C14H10F2N4. The van der Waals surface area contributed by atoms with Crippen LogP contribution in [0.1, 0.15) is 0 Å². The molecular weight excluding hydrogens is 262 g/mol. The quantitative estimate of drug-likeness (QED) is 0.753. The monoisotopic (exact) mass is 272 g/mol. The number of halogens is 2. The van der Waals surface area contributed by atoms with E-state index >= 15 is 0 Å². The predicted octanol–water partition coefficient (Wildman–Crippen LogP) is 3.00. The van der Waals surface area contributed by atoms with Crippen molar-refractivity contribution in [3.8, 4) is 22.6 Å². The van der Waals surface area contributed by atoms with E-state index in [1.54, 1.807) is 24.5 Å². The number of hydrogen-bond donors (Lipinski definition) is 2. The van der Waals surface area contributed by atoms with Crippen molar-refractivity contribution in [1.29, 1.82) is 0 Å². The van der Waals surface area contributed by atoms with Gasteiger partial charge in [-0.1, -0.05) is 0 Å². The molecule has 0 atom stereocenters. The maximum absolute atomic E-state index is 13.2. The number of benzene rings is 1. The minimum absolute atomic E-state index is 0.383. The lowest BCUT2D eigenvalue weighted by atomic mass is 10.1. The lowest BCUT2D eigenvalue weighted by Gasteiger charge is -2.00. The minimum atomic E-state index is -0.896. The molecule has 0 radical (unpaired) electrons. The van der Waals surface area contributed by atoms with Gasteiger partial charge in [0.2, 0.25) is 0 Å². The van der Waals surface area contributed by atoms with Gasteiger partial charge in [-0.25, -0.2) is 18.7 Å². The molecule has 0 saturated heterocycles. The average Bonchev–Trinajstić information content (AvgIpc) is 2.92. The maximum Gasteiger partial charge on any atom is 0.159 e. The summed E-state index contributed by atoms with van der Waals surface area (Å²) in [6.45, 7) is 0. The number of imidazole rings is 1. The third-order valence-corrected chi connectivity index (χ3v) is 2.86. The molecule has 3 N–H and O–H groups in total. The average molecular weight is 272 g/mol. The number of pyridine rings is 1. The van der Waals surface area contributed by atoms with Crippen LogP contribution in [0.2, 0.25) is 0 Å². The predicted molar refractivity (Wildman–Crippen MR) is 71.6 cm³/mol. The summed E-state index contributed by atoms with van der Waals surface area (Å²) in [5.74, 6) is -0.811. The molecule has 0 spiro atoms. The van der Waals surface area contributed by atoms with E-state index in [2.05, 4.69) is 15.0 Å². The van der Waals surface area contributed by atoms with Crippen molar-refractivity contribution in [3.63, 3.8) is 0 Å². The number of rotatable bonds is 2. The number of anilines is 1. The van der Waals surface area contributed by atoms with Gasteiger partial charge in [-0.15, -0.1) is 0 Å². The van der Waals surface area contributed by atoms with Crippen LogP contribution >= 0.6 is 0 Å². The normalized spacial score (nSPS) is 10.7. The fraction of sp³-hybridized carbons (Fsp3) is 0. The molecule has 100 valence electrons. The highest BCUT2D eigenvalue weighted by molar-refractivity contribution is 5.65. The van der Waals surface area contributed by atoms with E-state index in [1.807, 2.05) is 0 Å². The number of nitrogens with one attached hydrogen (secondary N) is 1. The molecule has 0 amide bonds. The van der Waals surface area contributed by atoms with Crippen molar-refractivity contribution >= 4 is 5.82 Å². The number of hydrogen-bond acceptors (Lipinski definition) is 3. The van der Waals surface area contributed by atoms with E-state index in [-0.39, 0.29) is 0 Å². The molecule has 3 aromatic rings. The van der Waals surface area contributed by atoms with E-state index in [9.17, 15) is 8.78 Å². The Kier molecular flexibility index (Phi) is 2.90. The summed E-state index contributed by atoms with van der Waals surface area (Å²) < 4.78 is 26.1. The summed E-state index contributed by atoms with van der Waals surface area (Å²) in [7, 11) is 0. The topological polar surface area (TPSA) is 67.6 Å². The van der Waals surface area contributed by atoms with Crippen molar-refractivity contribution in [1.82, 2.24) is 15.0 Å². The van der Waals surface area contributed by atoms with E-state index in [1.165, 1.54) is 6.07 Å². The summed E-state index contributed by atoms with van der Waals surface area (Å²) >= 11 is 0. The van der Waals surface area contributed by atoms with Gasteiger partial charge in [-0.05, 0) is 30.3 Å². The first-order chi connectivity index (χ1) is 9.63. The van der Waals surface area contributed by atoms with Crippen LogP contribution in [0.15, 0.2) is 42.7 Å². The lowest BCUT2D eigenvalue weighted by molar-refractivity contribution is 0.509. The zero-order chi connectivity index (χ0) is 14.1. The molecule has 2 aromatic heterocycles.